The van der Waals surface area contributed by atoms with Crippen LogP contribution < -0.4 is 15.5 Å². The Labute approximate surface area is 242 Å². The normalized spacial score (nSPS) is 11.5. The number of rotatable bonds is 11. The van der Waals surface area contributed by atoms with Crippen molar-refractivity contribution in [2.45, 2.75) is 24.9 Å². The Morgan fingerprint density at radius 2 is 1.63 bits per heavy atom. The first-order valence-corrected chi connectivity index (χ1v) is 14.3. The van der Waals surface area contributed by atoms with E-state index in [1.54, 1.807) is 78.9 Å². The molecule has 0 aliphatic rings. The lowest BCUT2D eigenvalue weighted by atomic mass is 10.2. The van der Waals surface area contributed by atoms with E-state index in [4.69, 9.17) is 20.8 Å². The third-order valence-electron chi connectivity index (χ3n) is 5.66. The van der Waals surface area contributed by atoms with Gasteiger partial charge in [-0.1, -0.05) is 41.9 Å². The molecule has 212 valence electrons. The summed E-state index contributed by atoms with van der Waals surface area (Å²) < 4.78 is 39.2. The third-order valence-corrected chi connectivity index (χ3v) is 7.71. The highest BCUT2D eigenvalue weighted by Crippen LogP contribution is 2.23. The van der Waals surface area contributed by atoms with Gasteiger partial charge in [0.1, 0.15) is 17.3 Å². The van der Waals surface area contributed by atoms with Gasteiger partial charge in [-0.25, -0.2) is 13.8 Å². The fourth-order valence-corrected chi connectivity index (χ4v) is 5.22. The Hall–Kier alpha value is -4.45. The second-order valence-electron chi connectivity index (χ2n) is 8.63. The van der Waals surface area contributed by atoms with Crippen molar-refractivity contribution in [3.63, 3.8) is 0 Å². The zero-order chi connectivity index (χ0) is 29.2. The van der Waals surface area contributed by atoms with Gasteiger partial charge in [-0.05, 0) is 73.2 Å². The second-order valence-corrected chi connectivity index (χ2v) is 11.0. The number of hydrazone groups is 1. The van der Waals surface area contributed by atoms with Gasteiger partial charge in [-0.3, -0.25) is 9.59 Å². The third kappa shape index (κ3) is 8.27. The summed E-state index contributed by atoms with van der Waals surface area (Å²) in [4.78, 5) is 24.4. The van der Waals surface area contributed by atoms with Crippen LogP contribution >= 0.6 is 11.6 Å². The molecular weight excluding hydrogens is 568 g/mol. The van der Waals surface area contributed by atoms with Crippen LogP contribution in [-0.4, -0.2) is 37.4 Å². The number of furan rings is 1. The van der Waals surface area contributed by atoms with Gasteiger partial charge in [0.25, 0.3) is 0 Å². The molecule has 12 heteroatoms. The van der Waals surface area contributed by atoms with Crippen LogP contribution in [0.15, 0.2) is 105 Å². The Morgan fingerprint density at radius 1 is 0.927 bits per heavy atom. The molecule has 0 bridgehead atoms. The molecule has 0 radical (unpaired) electrons. The first-order chi connectivity index (χ1) is 19.7. The van der Waals surface area contributed by atoms with Crippen molar-refractivity contribution in [1.82, 2.24) is 9.73 Å². The number of hydrogen-bond donors (Lipinski definition) is 2. The van der Waals surface area contributed by atoms with Crippen molar-refractivity contribution in [2.24, 2.45) is 5.10 Å². The molecule has 3 aromatic carbocycles. The van der Waals surface area contributed by atoms with E-state index in [-0.39, 0.29) is 23.7 Å². The number of carbonyl (C=O) groups is 2. The molecule has 0 fully saturated rings. The van der Waals surface area contributed by atoms with Crippen LogP contribution in [0.1, 0.15) is 24.0 Å². The number of amides is 2. The minimum absolute atomic E-state index is 0.0649. The lowest BCUT2D eigenvalue weighted by Gasteiger charge is -2.21. The van der Waals surface area contributed by atoms with Crippen LogP contribution in [0.25, 0.3) is 0 Å². The number of sulfonamides is 1. The van der Waals surface area contributed by atoms with Gasteiger partial charge in [0.15, 0.2) is 0 Å². The van der Waals surface area contributed by atoms with Gasteiger partial charge in [-0.15, -0.1) is 0 Å². The van der Waals surface area contributed by atoms with E-state index >= 15 is 0 Å². The molecule has 2 amide bonds. The number of carbonyl (C=O) groups excluding carboxylic acids is 2. The van der Waals surface area contributed by atoms with E-state index in [0.717, 1.165) is 5.56 Å². The van der Waals surface area contributed by atoms with Crippen molar-refractivity contribution in [3.05, 3.63) is 113 Å². The van der Waals surface area contributed by atoms with Crippen LogP contribution in [0.2, 0.25) is 5.02 Å². The quantitative estimate of drug-likeness (QED) is 0.146. The number of anilines is 1. The molecule has 4 rings (SSSR count). The first-order valence-electron chi connectivity index (χ1n) is 12.5. The molecular formula is C29H27ClN4O6S. The summed E-state index contributed by atoms with van der Waals surface area (Å²) >= 11 is 5.98. The topological polar surface area (TPSA) is 130 Å². The standard InChI is InChI=1S/C29H27ClN4O6S/c1-2-39-24-14-12-23(13-15-24)32-28(35)29(36)33-31-18-25-16-17-26(40-25)20-34(19-21-8-10-22(30)11-9-21)41(37,38)27-6-4-3-5-7-27/h3-18H,2,19-20H2,1H3,(H,32,35)(H,33,36)/b31-18+. The van der Waals surface area contributed by atoms with Gasteiger partial charge in [0, 0.05) is 17.3 Å². The molecule has 0 unspecified atom stereocenters. The number of nitrogens with one attached hydrogen (secondary N) is 2. The SMILES string of the molecule is CCOc1ccc(NC(=O)C(=O)N/N=C/c2ccc(CN(Cc3ccc(Cl)cc3)S(=O)(=O)c3ccccc3)o2)cc1. The van der Waals surface area contributed by atoms with E-state index < -0.39 is 21.8 Å². The highest BCUT2D eigenvalue weighted by atomic mass is 35.5. The minimum Gasteiger partial charge on any atom is -0.494 e. The maximum Gasteiger partial charge on any atom is 0.329 e. The molecule has 10 nitrogen and oxygen atoms in total. The van der Waals surface area contributed by atoms with Crippen LogP contribution in [0.4, 0.5) is 5.69 Å². The average molecular weight is 595 g/mol. The fraction of sp³-hybridized carbons (Fsp3) is 0.138. The van der Waals surface area contributed by atoms with Crippen LogP contribution in [0.3, 0.4) is 0 Å². The van der Waals surface area contributed by atoms with E-state index in [1.807, 2.05) is 6.92 Å². The second kappa shape index (κ2) is 13.8. The van der Waals surface area contributed by atoms with Crippen molar-refractivity contribution < 1.29 is 27.2 Å². The van der Waals surface area contributed by atoms with Crippen molar-refractivity contribution in [2.75, 3.05) is 11.9 Å². The number of halogens is 1. The summed E-state index contributed by atoms with van der Waals surface area (Å²) in [5.74, 6) is -0.654. The molecule has 0 aliphatic heterocycles. The van der Waals surface area contributed by atoms with E-state index in [9.17, 15) is 18.0 Å². The smallest absolute Gasteiger partial charge is 0.329 e. The van der Waals surface area contributed by atoms with Crippen LogP contribution in [0.5, 0.6) is 5.75 Å². The molecule has 0 spiro atoms. The number of nitrogens with zero attached hydrogens (tertiary/aromatic N) is 2. The van der Waals surface area contributed by atoms with Crippen molar-refractivity contribution in [3.8, 4) is 5.75 Å². The van der Waals surface area contributed by atoms with Crippen LogP contribution in [-0.2, 0) is 32.7 Å². The fourth-order valence-electron chi connectivity index (χ4n) is 3.68. The van der Waals surface area contributed by atoms with Gasteiger partial charge < -0.3 is 14.5 Å². The summed E-state index contributed by atoms with van der Waals surface area (Å²) in [5, 5.41) is 6.77. The predicted molar refractivity (Wildman–Crippen MR) is 155 cm³/mol. The molecule has 41 heavy (non-hydrogen) atoms. The minimum atomic E-state index is -3.87. The zero-order valence-electron chi connectivity index (χ0n) is 22.0. The zero-order valence-corrected chi connectivity index (χ0v) is 23.6. The Bertz CT molecular complexity index is 1610. The molecule has 0 saturated carbocycles. The van der Waals surface area contributed by atoms with Crippen LogP contribution in [0, 0.1) is 0 Å². The predicted octanol–water partition coefficient (Wildman–Crippen LogP) is 4.81. The average Bonchev–Trinajstić information content (AvgIpc) is 3.42. The molecule has 0 saturated heterocycles. The summed E-state index contributed by atoms with van der Waals surface area (Å²) in [5.41, 5.74) is 3.29. The highest BCUT2D eigenvalue weighted by molar-refractivity contribution is 7.89. The van der Waals surface area contributed by atoms with Gasteiger partial charge in [0.2, 0.25) is 10.0 Å². The number of ether oxygens (including phenoxy) is 1. The first kappa shape index (κ1) is 29.5. The molecule has 0 aliphatic carbocycles. The Morgan fingerprint density at radius 3 is 2.32 bits per heavy atom. The molecule has 4 aromatic rings. The maximum absolute atomic E-state index is 13.4. The molecule has 1 heterocycles. The summed E-state index contributed by atoms with van der Waals surface area (Å²) in [7, 11) is -3.87. The summed E-state index contributed by atoms with van der Waals surface area (Å²) in [6.45, 7) is 2.39. The Balaban J connectivity index is 1.39. The summed E-state index contributed by atoms with van der Waals surface area (Å²) in [6.07, 6.45) is 1.21. The van der Waals surface area contributed by atoms with Crippen molar-refractivity contribution >= 4 is 45.3 Å². The van der Waals surface area contributed by atoms with Crippen molar-refractivity contribution in [1.29, 1.82) is 0 Å². The monoisotopic (exact) mass is 594 g/mol. The largest absolute Gasteiger partial charge is 0.494 e. The van der Waals surface area contributed by atoms with E-state index in [1.165, 1.54) is 22.7 Å². The molecule has 1 aromatic heterocycles. The maximum atomic E-state index is 13.4. The summed E-state index contributed by atoms with van der Waals surface area (Å²) in [6, 6.07) is 24.7. The molecule has 2 N–H and O–H groups in total. The number of benzene rings is 3. The van der Waals surface area contributed by atoms with Gasteiger partial charge in [-0.2, -0.15) is 9.41 Å². The number of hydrogen-bond acceptors (Lipinski definition) is 7. The van der Waals surface area contributed by atoms with E-state index in [2.05, 4.69) is 15.8 Å². The Kier molecular flexibility index (Phi) is 9.91. The van der Waals surface area contributed by atoms with E-state index in [0.29, 0.717) is 28.8 Å². The van der Waals surface area contributed by atoms with Gasteiger partial charge >= 0.3 is 11.8 Å². The molecule has 0 atom stereocenters. The lowest BCUT2D eigenvalue weighted by molar-refractivity contribution is -0.136. The van der Waals surface area contributed by atoms with Gasteiger partial charge in [0.05, 0.1) is 24.3 Å². The highest BCUT2D eigenvalue weighted by Gasteiger charge is 2.26. The lowest BCUT2D eigenvalue weighted by Crippen LogP contribution is -2.32.